The molecule has 0 aliphatic carbocycles. The van der Waals surface area contributed by atoms with Crippen molar-refractivity contribution in [2.75, 3.05) is 30.5 Å². The maximum absolute atomic E-state index is 5.71. The van der Waals surface area contributed by atoms with Gasteiger partial charge in [-0.15, -0.1) is 11.8 Å². The minimum absolute atomic E-state index is 0.232. The summed E-state index contributed by atoms with van der Waals surface area (Å²) in [6.45, 7) is 0. The van der Waals surface area contributed by atoms with Gasteiger partial charge in [-0.05, 0) is 34.1 Å². The number of benzene rings is 1. The molecule has 0 saturated heterocycles. The van der Waals surface area contributed by atoms with Crippen LogP contribution in [0.15, 0.2) is 27.6 Å². The zero-order valence-electron chi connectivity index (χ0n) is 11.2. The quantitative estimate of drug-likeness (QED) is 0.641. The summed E-state index contributed by atoms with van der Waals surface area (Å²) >= 11 is 5.09. The maximum Gasteiger partial charge on any atom is 0.229 e. The summed E-state index contributed by atoms with van der Waals surface area (Å²) in [4.78, 5) is 15.4. The fraction of sp³-hybridized carbons (Fsp3) is 0.250. The molecule has 0 saturated carbocycles. The van der Waals surface area contributed by atoms with Crippen LogP contribution in [-0.4, -0.2) is 29.0 Å². The second kappa shape index (κ2) is 6.27. The smallest absolute Gasteiger partial charge is 0.229 e. The minimum atomic E-state index is 0.232. The average Bonchev–Trinajstić information content (AvgIpc) is 2.37. The fourth-order valence-corrected chi connectivity index (χ4v) is 2.98. The number of hydrogen-bond donors (Lipinski definition) is 2. The lowest BCUT2D eigenvalue weighted by atomic mass is 10.3. The molecule has 8 heteroatoms. The number of nitrogens with two attached hydrogens (primary N) is 2. The van der Waals surface area contributed by atoms with Gasteiger partial charge >= 0.3 is 0 Å². The van der Waals surface area contributed by atoms with Crippen LogP contribution in [0.5, 0.6) is 0 Å². The topological polar surface area (TPSA) is 94.0 Å². The molecule has 1 aromatic carbocycles. The lowest BCUT2D eigenvalue weighted by Gasteiger charge is -2.11. The zero-order chi connectivity index (χ0) is 14.7. The van der Waals surface area contributed by atoms with Gasteiger partial charge in [0, 0.05) is 29.2 Å². The second-order valence-electron chi connectivity index (χ2n) is 4.28. The molecule has 0 aliphatic heterocycles. The van der Waals surface area contributed by atoms with Gasteiger partial charge in [0.05, 0.1) is 5.75 Å². The van der Waals surface area contributed by atoms with E-state index in [1.54, 1.807) is 16.7 Å². The van der Waals surface area contributed by atoms with E-state index in [1.807, 2.05) is 32.3 Å². The molecular formula is C12H15BrN6S. The Hall–Kier alpha value is -1.54. The molecule has 0 atom stereocenters. The number of halogens is 1. The molecule has 2 rings (SSSR count). The predicted molar refractivity (Wildman–Crippen MR) is 86.7 cm³/mol. The Morgan fingerprint density at radius 2 is 1.95 bits per heavy atom. The highest BCUT2D eigenvalue weighted by molar-refractivity contribution is 9.10. The first kappa shape index (κ1) is 14.9. The van der Waals surface area contributed by atoms with E-state index in [2.05, 4.69) is 30.9 Å². The van der Waals surface area contributed by atoms with E-state index in [0.29, 0.717) is 17.5 Å². The standard InChI is InChI=1S/C12H15BrN6S/c1-19(2)12-17-10(16-11(15)18-12)6-20-9-4-3-7(14)5-8(9)13/h3-5H,6,14H2,1-2H3,(H2,15,16,17,18). The van der Waals surface area contributed by atoms with Gasteiger partial charge in [-0.1, -0.05) is 0 Å². The van der Waals surface area contributed by atoms with Gasteiger partial charge in [-0.25, -0.2) is 0 Å². The van der Waals surface area contributed by atoms with Crippen LogP contribution < -0.4 is 16.4 Å². The van der Waals surface area contributed by atoms with Crippen molar-refractivity contribution < 1.29 is 0 Å². The van der Waals surface area contributed by atoms with Crippen molar-refractivity contribution in [2.24, 2.45) is 0 Å². The van der Waals surface area contributed by atoms with Crippen LogP contribution in [0, 0.1) is 0 Å². The molecular weight excluding hydrogens is 340 g/mol. The Kier molecular flexibility index (Phi) is 4.66. The van der Waals surface area contributed by atoms with Crippen LogP contribution >= 0.6 is 27.7 Å². The molecule has 0 radical (unpaired) electrons. The van der Waals surface area contributed by atoms with Gasteiger partial charge in [0.1, 0.15) is 5.82 Å². The number of thioether (sulfide) groups is 1. The summed E-state index contributed by atoms with van der Waals surface area (Å²) in [5.74, 6) is 2.05. The number of anilines is 3. The highest BCUT2D eigenvalue weighted by Gasteiger charge is 2.08. The number of nitrogen functional groups attached to an aromatic ring is 2. The zero-order valence-corrected chi connectivity index (χ0v) is 13.6. The van der Waals surface area contributed by atoms with E-state index in [9.17, 15) is 0 Å². The van der Waals surface area contributed by atoms with Crippen LogP contribution in [0.25, 0.3) is 0 Å². The van der Waals surface area contributed by atoms with E-state index >= 15 is 0 Å². The van der Waals surface area contributed by atoms with Crippen molar-refractivity contribution in [1.29, 1.82) is 0 Å². The van der Waals surface area contributed by atoms with Gasteiger partial charge in [0.15, 0.2) is 0 Å². The molecule has 0 aliphatic rings. The molecule has 2 aromatic rings. The molecule has 1 heterocycles. The fourth-order valence-electron chi connectivity index (χ4n) is 1.47. The maximum atomic E-state index is 5.71. The van der Waals surface area contributed by atoms with E-state index in [4.69, 9.17) is 11.5 Å². The largest absolute Gasteiger partial charge is 0.399 e. The molecule has 0 amide bonds. The highest BCUT2D eigenvalue weighted by atomic mass is 79.9. The second-order valence-corrected chi connectivity index (χ2v) is 6.15. The molecule has 0 spiro atoms. The highest BCUT2D eigenvalue weighted by Crippen LogP contribution is 2.31. The van der Waals surface area contributed by atoms with Gasteiger partial charge in [0.2, 0.25) is 11.9 Å². The van der Waals surface area contributed by atoms with Crippen molar-refractivity contribution in [1.82, 2.24) is 15.0 Å². The third-order valence-corrected chi connectivity index (χ3v) is 4.39. The summed E-state index contributed by atoms with van der Waals surface area (Å²) in [5.41, 5.74) is 12.1. The average molecular weight is 355 g/mol. The Morgan fingerprint density at radius 3 is 2.60 bits per heavy atom. The first-order valence-electron chi connectivity index (χ1n) is 5.81. The molecule has 0 bridgehead atoms. The molecule has 0 unspecified atom stereocenters. The van der Waals surface area contributed by atoms with Crippen molar-refractivity contribution >= 4 is 45.3 Å². The van der Waals surface area contributed by atoms with Crippen LogP contribution in [0.2, 0.25) is 0 Å². The summed E-state index contributed by atoms with van der Waals surface area (Å²) in [7, 11) is 3.73. The number of aromatic nitrogens is 3. The number of rotatable bonds is 4. The predicted octanol–water partition coefficient (Wildman–Crippen LogP) is 2.16. The van der Waals surface area contributed by atoms with Crippen molar-refractivity contribution in [2.45, 2.75) is 10.6 Å². The Balaban J connectivity index is 2.14. The third kappa shape index (κ3) is 3.73. The Bertz CT molecular complexity index is 619. The first-order chi connectivity index (χ1) is 9.45. The minimum Gasteiger partial charge on any atom is -0.399 e. The van der Waals surface area contributed by atoms with Crippen molar-refractivity contribution in [3.8, 4) is 0 Å². The van der Waals surface area contributed by atoms with E-state index < -0.39 is 0 Å². The molecule has 1 aromatic heterocycles. The number of nitrogens with zero attached hydrogens (tertiary/aromatic N) is 4. The molecule has 4 N–H and O–H groups in total. The summed E-state index contributed by atoms with van der Waals surface area (Å²) in [5, 5.41) is 0. The van der Waals surface area contributed by atoms with E-state index in [0.717, 1.165) is 15.1 Å². The Morgan fingerprint density at radius 1 is 1.20 bits per heavy atom. The Labute approximate surface area is 130 Å². The monoisotopic (exact) mass is 354 g/mol. The van der Waals surface area contributed by atoms with Crippen molar-refractivity contribution in [3.63, 3.8) is 0 Å². The summed E-state index contributed by atoms with van der Waals surface area (Å²) < 4.78 is 0.956. The number of hydrogen-bond acceptors (Lipinski definition) is 7. The van der Waals surface area contributed by atoms with E-state index in [-0.39, 0.29) is 5.95 Å². The molecule has 106 valence electrons. The molecule has 6 nitrogen and oxygen atoms in total. The lowest BCUT2D eigenvalue weighted by Crippen LogP contribution is -2.15. The third-order valence-electron chi connectivity index (χ3n) is 2.40. The first-order valence-corrected chi connectivity index (χ1v) is 7.59. The van der Waals surface area contributed by atoms with Crippen LogP contribution in [-0.2, 0) is 5.75 Å². The SMILES string of the molecule is CN(C)c1nc(N)nc(CSc2ccc(N)cc2Br)n1. The van der Waals surface area contributed by atoms with Gasteiger partial charge in [-0.2, -0.15) is 15.0 Å². The molecule has 20 heavy (non-hydrogen) atoms. The normalized spacial score (nSPS) is 10.6. The van der Waals surface area contributed by atoms with Crippen LogP contribution in [0.4, 0.5) is 17.6 Å². The van der Waals surface area contributed by atoms with Crippen molar-refractivity contribution in [3.05, 3.63) is 28.5 Å². The van der Waals surface area contributed by atoms with Crippen LogP contribution in [0.3, 0.4) is 0 Å². The summed E-state index contributed by atoms with van der Waals surface area (Å²) in [6, 6.07) is 5.69. The van der Waals surface area contributed by atoms with Crippen LogP contribution in [0.1, 0.15) is 5.82 Å². The van der Waals surface area contributed by atoms with Gasteiger partial charge in [0.25, 0.3) is 0 Å². The van der Waals surface area contributed by atoms with E-state index in [1.165, 1.54) is 0 Å². The molecule has 0 fully saturated rings. The van der Waals surface area contributed by atoms with Gasteiger partial charge < -0.3 is 16.4 Å². The van der Waals surface area contributed by atoms with Gasteiger partial charge in [-0.3, -0.25) is 0 Å². The summed E-state index contributed by atoms with van der Waals surface area (Å²) in [6.07, 6.45) is 0. The lowest BCUT2D eigenvalue weighted by molar-refractivity contribution is 0.919.